The van der Waals surface area contributed by atoms with Gasteiger partial charge in [-0.05, 0) is 68.7 Å². The van der Waals surface area contributed by atoms with Crippen molar-refractivity contribution < 1.29 is 4.84 Å². The summed E-state index contributed by atoms with van der Waals surface area (Å²) < 4.78 is 0. The van der Waals surface area contributed by atoms with Gasteiger partial charge in [-0.2, -0.15) is 5.26 Å². The second-order valence-electron chi connectivity index (χ2n) is 7.31. The van der Waals surface area contributed by atoms with E-state index in [4.69, 9.17) is 4.84 Å². The van der Waals surface area contributed by atoms with Gasteiger partial charge in [0.1, 0.15) is 17.0 Å². The van der Waals surface area contributed by atoms with Crippen LogP contribution in [0, 0.1) is 30.1 Å². The van der Waals surface area contributed by atoms with Crippen molar-refractivity contribution in [2.45, 2.75) is 50.0 Å². The van der Waals surface area contributed by atoms with Gasteiger partial charge in [-0.3, -0.25) is 4.98 Å². The zero-order chi connectivity index (χ0) is 18.7. The van der Waals surface area contributed by atoms with E-state index in [1.165, 1.54) is 0 Å². The minimum Gasteiger partial charge on any atom is -0.388 e. The monoisotopic (exact) mass is 356 g/mol. The maximum atomic E-state index is 9.82. The van der Waals surface area contributed by atoms with Gasteiger partial charge in [0.15, 0.2) is 0 Å². The molecular formula is C22H20N4O. The molecule has 1 aliphatic carbocycles. The Morgan fingerprint density at radius 1 is 1.04 bits per heavy atom. The Morgan fingerprint density at radius 2 is 1.89 bits per heavy atom. The van der Waals surface area contributed by atoms with E-state index < -0.39 is 5.41 Å². The zero-order valence-corrected chi connectivity index (χ0v) is 15.3. The van der Waals surface area contributed by atoms with Crippen molar-refractivity contribution in [2.24, 2.45) is 5.16 Å². The first-order chi connectivity index (χ1) is 13.1. The lowest BCUT2D eigenvalue weighted by molar-refractivity contribution is -0.0542. The average molecular weight is 356 g/mol. The van der Waals surface area contributed by atoms with Gasteiger partial charge in [0.2, 0.25) is 0 Å². The molecule has 1 saturated carbocycles. The summed E-state index contributed by atoms with van der Waals surface area (Å²) in [6, 6.07) is 14.1. The molecule has 0 aromatic carbocycles. The van der Waals surface area contributed by atoms with Gasteiger partial charge in [0.05, 0.1) is 17.2 Å². The SMILES string of the molecule is Cc1cccc(C#CC2=NOC3(CCC(C#N)(c4ccccn4)CC3)C2)n1. The maximum absolute atomic E-state index is 9.82. The zero-order valence-electron chi connectivity index (χ0n) is 15.3. The quantitative estimate of drug-likeness (QED) is 0.731. The van der Waals surface area contributed by atoms with Crippen LogP contribution < -0.4 is 0 Å². The number of nitriles is 1. The molecule has 1 spiro atoms. The summed E-state index contributed by atoms with van der Waals surface area (Å²) in [7, 11) is 0. The van der Waals surface area contributed by atoms with Gasteiger partial charge in [-0.25, -0.2) is 4.98 Å². The van der Waals surface area contributed by atoms with Gasteiger partial charge in [0, 0.05) is 18.3 Å². The van der Waals surface area contributed by atoms with Crippen LogP contribution in [0.1, 0.15) is 49.2 Å². The third kappa shape index (κ3) is 3.41. The molecular weight excluding hydrogens is 336 g/mol. The normalized spacial score (nSPS) is 26.4. The van der Waals surface area contributed by atoms with E-state index in [9.17, 15) is 5.26 Å². The van der Waals surface area contributed by atoms with E-state index in [0.717, 1.165) is 48.5 Å². The molecule has 0 N–H and O–H groups in total. The topological polar surface area (TPSA) is 71.2 Å². The first-order valence-corrected chi connectivity index (χ1v) is 9.17. The second-order valence-corrected chi connectivity index (χ2v) is 7.31. The number of nitrogens with zero attached hydrogens (tertiary/aromatic N) is 4. The van der Waals surface area contributed by atoms with E-state index >= 15 is 0 Å². The van der Waals surface area contributed by atoms with E-state index in [1.807, 2.05) is 43.3 Å². The molecule has 0 bridgehead atoms. The van der Waals surface area contributed by atoms with Crippen LogP contribution in [0.4, 0.5) is 0 Å². The smallest absolute Gasteiger partial charge is 0.144 e. The van der Waals surface area contributed by atoms with Gasteiger partial charge < -0.3 is 4.84 Å². The minimum atomic E-state index is -0.532. The highest BCUT2D eigenvalue weighted by Gasteiger charge is 2.48. The van der Waals surface area contributed by atoms with Gasteiger partial charge >= 0.3 is 0 Å². The molecule has 3 heterocycles. The summed E-state index contributed by atoms with van der Waals surface area (Å²) in [4.78, 5) is 14.6. The fourth-order valence-electron chi connectivity index (χ4n) is 3.81. The lowest BCUT2D eigenvalue weighted by Gasteiger charge is -2.38. The highest BCUT2D eigenvalue weighted by atomic mass is 16.7. The maximum Gasteiger partial charge on any atom is 0.144 e. The summed E-state index contributed by atoms with van der Waals surface area (Å²) >= 11 is 0. The van der Waals surface area contributed by atoms with Crippen molar-refractivity contribution in [1.29, 1.82) is 5.26 Å². The predicted molar refractivity (Wildman–Crippen MR) is 102 cm³/mol. The first kappa shape index (κ1) is 17.2. The van der Waals surface area contributed by atoms with Crippen LogP contribution >= 0.6 is 0 Å². The molecule has 0 atom stereocenters. The highest BCUT2D eigenvalue weighted by molar-refractivity contribution is 6.01. The number of oxime groups is 1. The Kier molecular flexibility index (Phi) is 4.38. The van der Waals surface area contributed by atoms with Crippen LogP contribution in [0.2, 0.25) is 0 Å². The molecule has 0 amide bonds. The molecule has 2 aliphatic rings. The molecule has 0 unspecified atom stereocenters. The number of aryl methyl sites for hydroxylation is 1. The van der Waals surface area contributed by atoms with Crippen molar-refractivity contribution >= 4 is 5.71 Å². The fraction of sp³-hybridized carbons (Fsp3) is 0.364. The van der Waals surface area contributed by atoms with E-state index in [1.54, 1.807) is 6.20 Å². The summed E-state index contributed by atoms with van der Waals surface area (Å²) in [5.74, 6) is 6.17. The Hall–Kier alpha value is -3.18. The van der Waals surface area contributed by atoms with Crippen molar-refractivity contribution in [3.63, 3.8) is 0 Å². The third-order valence-corrected chi connectivity index (χ3v) is 5.45. The molecule has 5 nitrogen and oxygen atoms in total. The van der Waals surface area contributed by atoms with E-state index in [-0.39, 0.29) is 5.60 Å². The Labute approximate surface area is 159 Å². The van der Waals surface area contributed by atoms with Gasteiger partial charge in [-0.1, -0.05) is 17.3 Å². The number of aromatic nitrogens is 2. The number of rotatable bonds is 1. The largest absolute Gasteiger partial charge is 0.388 e. The van der Waals surface area contributed by atoms with Crippen LogP contribution in [0.15, 0.2) is 47.8 Å². The van der Waals surface area contributed by atoms with Crippen LogP contribution in [0.25, 0.3) is 0 Å². The summed E-state index contributed by atoms with van der Waals surface area (Å²) in [6.07, 6.45) is 5.42. The first-order valence-electron chi connectivity index (χ1n) is 9.17. The molecule has 134 valence electrons. The van der Waals surface area contributed by atoms with Crippen LogP contribution in [0.5, 0.6) is 0 Å². The summed E-state index contributed by atoms with van der Waals surface area (Å²) in [5.41, 5.74) is 2.42. The van der Waals surface area contributed by atoms with Crippen molar-refractivity contribution in [1.82, 2.24) is 9.97 Å². The van der Waals surface area contributed by atoms with E-state index in [0.29, 0.717) is 6.42 Å². The van der Waals surface area contributed by atoms with Crippen LogP contribution in [-0.4, -0.2) is 21.3 Å². The van der Waals surface area contributed by atoms with Crippen molar-refractivity contribution in [3.8, 4) is 17.9 Å². The third-order valence-electron chi connectivity index (χ3n) is 5.45. The fourth-order valence-corrected chi connectivity index (χ4v) is 3.81. The lowest BCUT2D eigenvalue weighted by atomic mass is 9.66. The second kappa shape index (κ2) is 6.85. The Bertz CT molecular complexity index is 971. The number of hydrogen-bond acceptors (Lipinski definition) is 5. The lowest BCUT2D eigenvalue weighted by Crippen LogP contribution is -2.41. The predicted octanol–water partition coefficient (Wildman–Crippen LogP) is 3.69. The molecule has 27 heavy (non-hydrogen) atoms. The molecule has 2 aromatic heterocycles. The molecule has 2 aromatic rings. The standard InChI is InChI=1S/C22H20N4O/c1-17-5-4-6-18(25-17)8-9-19-15-22(27-26-19)12-10-21(16-23,11-13-22)20-7-2-3-14-24-20/h2-7,14H,10-13,15H2,1H3. The number of pyridine rings is 2. The molecule has 5 heteroatoms. The summed E-state index contributed by atoms with van der Waals surface area (Å²) in [5, 5.41) is 14.0. The van der Waals surface area contributed by atoms with E-state index in [2.05, 4.69) is 33.0 Å². The Balaban J connectivity index is 1.44. The molecule has 4 rings (SSSR count). The minimum absolute atomic E-state index is 0.334. The molecule has 0 radical (unpaired) electrons. The number of hydrogen-bond donors (Lipinski definition) is 0. The van der Waals surface area contributed by atoms with Crippen molar-refractivity contribution in [2.75, 3.05) is 0 Å². The van der Waals surface area contributed by atoms with Crippen molar-refractivity contribution in [3.05, 3.63) is 59.7 Å². The Morgan fingerprint density at radius 3 is 2.59 bits per heavy atom. The molecule has 1 fully saturated rings. The highest BCUT2D eigenvalue weighted by Crippen LogP contribution is 2.46. The van der Waals surface area contributed by atoms with Crippen LogP contribution in [-0.2, 0) is 10.3 Å². The van der Waals surface area contributed by atoms with Crippen LogP contribution in [0.3, 0.4) is 0 Å². The molecule has 1 aliphatic heterocycles. The van der Waals surface area contributed by atoms with Gasteiger partial charge in [0.25, 0.3) is 0 Å². The average Bonchev–Trinajstić information content (AvgIpc) is 3.11. The summed E-state index contributed by atoms with van der Waals surface area (Å²) in [6.45, 7) is 1.95. The van der Waals surface area contributed by atoms with Gasteiger partial charge in [-0.15, -0.1) is 0 Å². The molecule has 0 saturated heterocycles.